The van der Waals surface area contributed by atoms with E-state index in [4.69, 9.17) is 4.74 Å². The van der Waals surface area contributed by atoms with E-state index >= 15 is 0 Å². The number of amides is 1. The third kappa shape index (κ3) is 2.34. The van der Waals surface area contributed by atoms with Crippen molar-refractivity contribution in [3.63, 3.8) is 0 Å². The zero-order valence-corrected chi connectivity index (χ0v) is 10.7. The van der Waals surface area contributed by atoms with Crippen LogP contribution in [0.15, 0.2) is 10.9 Å². The Bertz CT molecular complexity index is 382. The van der Waals surface area contributed by atoms with Crippen LogP contribution in [-0.2, 0) is 4.74 Å². The van der Waals surface area contributed by atoms with Crippen LogP contribution >= 0.6 is 11.3 Å². The summed E-state index contributed by atoms with van der Waals surface area (Å²) in [7, 11) is 3.28. The second kappa shape index (κ2) is 5.12. The second-order valence-corrected chi connectivity index (χ2v) is 4.92. The topological polar surface area (TPSA) is 62.7 Å². The number of hydrogen-bond donors (Lipinski definition) is 1. The van der Waals surface area contributed by atoms with Gasteiger partial charge in [-0.1, -0.05) is 0 Å². The average Bonchev–Trinajstić information content (AvgIpc) is 2.96. The van der Waals surface area contributed by atoms with E-state index in [1.54, 1.807) is 29.9 Å². The molecule has 0 saturated heterocycles. The molecule has 1 aromatic heterocycles. The van der Waals surface area contributed by atoms with Gasteiger partial charge >= 0.3 is 0 Å². The van der Waals surface area contributed by atoms with Gasteiger partial charge in [0.1, 0.15) is 11.8 Å². The van der Waals surface area contributed by atoms with Crippen molar-refractivity contribution in [3.05, 3.63) is 16.6 Å². The molecule has 94 valence electrons. The fourth-order valence-electron chi connectivity index (χ4n) is 2.25. The molecule has 1 N–H and O–H groups in total. The number of likely N-dealkylation sites (N-methyl/N-ethyl adjacent to an activating group) is 1. The fraction of sp³-hybridized carbons (Fsp3) is 0.636. The second-order valence-electron chi connectivity index (χ2n) is 4.20. The van der Waals surface area contributed by atoms with Gasteiger partial charge in [0.15, 0.2) is 0 Å². The molecule has 0 spiro atoms. The van der Waals surface area contributed by atoms with E-state index in [1.165, 1.54) is 11.3 Å². The first-order valence-electron chi connectivity index (χ1n) is 5.51. The number of carbonyl (C=O) groups excluding carboxylic acids is 1. The largest absolute Gasteiger partial charge is 0.388 e. The highest BCUT2D eigenvalue weighted by Gasteiger charge is 2.39. The Morgan fingerprint density at radius 1 is 1.65 bits per heavy atom. The predicted octanol–water partition coefficient (Wildman–Crippen LogP) is 0.753. The Morgan fingerprint density at radius 3 is 2.94 bits per heavy atom. The van der Waals surface area contributed by atoms with Gasteiger partial charge in [0.05, 0.1) is 17.7 Å². The number of thiazole rings is 1. The number of aliphatic hydroxyl groups is 1. The minimum absolute atomic E-state index is 0.146. The third-order valence-electron chi connectivity index (χ3n) is 3.29. The molecule has 1 aliphatic carbocycles. The van der Waals surface area contributed by atoms with E-state index < -0.39 is 6.10 Å². The molecule has 1 aromatic rings. The molecule has 1 saturated carbocycles. The molecular weight excluding hydrogens is 240 g/mol. The van der Waals surface area contributed by atoms with E-state index in [-0.39, 0.29) is 18.1 Å². The van der Waals surface area contributed by atoms with Gasteiger partial charge in [-0.2, -0.15) is 0 Å². The van der Waals surface area contributed by atoms with Crippen LogP contribution in [0.1, 0.15) is 23.3 Å². The Kier molecular flexibility index (Phi) is 3.76. The Labute approximate surface area is 104 Å². The van der Waals surface area contributed by atoms with Crippen molar-refractivity contribution in [2.45, 2.75) is 31.1 Å². The number of methoxy groups -OCH3 is 1. The van der Waals surface area contributed by atoms with Crippen molar-refractivity contribution < 1.29 is 14.6 Å². The van der Waals surface area contributed by atoms with Crippen molar-refractivity contribution in [1.29, 1.82) is 0 Å². The highest BCUT2D eigenvalue weighted by molar-refractivity contribution is 7.07. The predicted molar refractivity (Wildman–Crippen MR) is 64.0 cm³/mol. The molecule has 2 rings (SSSR count). The van der Waals surface area contributed by atoms with Gasteiger partial charge in [0.25, 0.3) is 5.91 Å². The van der Waals surface area contributed by atoms with Crippen molar-refractivity contribution in [1.82, 2.24) is 9.88 Å². The number of ether oxygens (including phenoxy) is 1. The highest BCUT2D eigenvalue weighted by atomic mass is 32.1. The monoisotopic (exact) mass is 256 g/mol. The van der Waals surface area contributed by atoms with Gasteiger partial charge in [-0.25, -0.2) is 4.98 Å². The molecule has 0 unspecified atom stereocenters. The summed E-state index contributed by atoms with van der Waals surface area (Å²) in [4.78, 5) is 17.6. The first kappa shape index (κ1) is 12.5. The summed E-state index contributed by atoms with van der Waals surface area (Å²) >= 11 is 1.39. The Balaban J connectivity index is 2.06. The van der Waals surface area contributed by atoms with Gasteiger partial charge in [-0.15, -0.1) is 11.3 Å². The lowest BCUT2D eigenvalue weighted by molar-refractivity contribution is -0.0156. The standard InChI is InChI=1S/C11H16N2O3S/c1-13(11(15)7-5-17-6-12-7)8-3-4-9(16-2)10(8)14/h5-6,8-10,14H,3-4H2,1-2H3/t8-,9-,10-/m1/s1. The SMILES string of the molecule is CO[C@@H]1CC[C@@H](N(C)C(=O)c2cscn2)[C@H]1O. The first-order valence-corrected chi connectivity index (χ1v) is 6.45. The summed E-state index contributed by atoms with van der Waals surface area (Å²) < 4.78 is 5.17. The third-order valence-corrected chi connectivity index (χ3v) is 3.88. The summed E-state index contributed by atoms with van der Waals surface area (Å²) in [5.74, 6) is -0.146. The van der Waals surface area contributed by atoms with Crippen LogP contribution in [0.3, 0.4) is 0 Å². The zero-order chi connectivity index (χ0) is 12.4. The Hall–Kier alpha value is -0.980. The van der Waals surface area contributed by atoms with Crippen LogP contribution in [0.4, 0.5) is 0 Å². The van der Waals surface area contributed by atoms with Crippen LogP contribution in [0.2, 0.25) is 0 Å². The highest BCUT2D eigenvalue weighted by Crippen LogP contribution is 2.26. The average molecular weight is 256 g/mol. The summed E-state index contributed by atoms with van der Waals surface area (Å²) in [6.07, 6.45) is 0.738. The van der Waals surface area contributed by atoms with Gasteiger partial charge < -0.3 is 14.7 Å². The molecule has 1 fully saturated rings. The lowest BCUT2D eigenvalue weighted by Crippen LogP contribution is -2.44. The summed E-state index contributed by atoms with van der Waals surface area (Å²) in [6, 6.07) is -0.186. The molecule has 0 bridgehead atoms. The van der Waals surface area contributed by atoms with Gasteiger partial charge in [-0.05, 0) is 12.8 Å². The minimum Gasteiger partial charge on any atom is -0.388 e. The lowest BCUT2D eigenvalue weighted by Gasteiger charge is -2.27. The maximum atomic E-state index is 12.1. The van der Waals surface area contributed by atoms with Crippen LogP contribution in [0.25, 0.3) is 0 Å². The van der Waals surface area contributed by atoms with E-state index in [9.17, 15) is 9.90 Å². The molecule has 1 amide bonds. The maximum absolute atomic E-state index is 12.1. The molecular formula is C11H16N2O3S. The number of aliphatic hydroxyl groups excluding tert-OH is 1. The van der Waals surface area contributed by atoms with Crippen molar-refractivity contribution in [2.75, 3.05) is 14.2 Å². The number of hydrogen-bond acceptors (Lipinski definition) is 5. The normalized spacial score (nSPS) is 28.3. The quantitative estimate of drug-likeness (QED) is 0.867. The Morgan fingerprint density at radius 2 is 2.41 bits per heavy atom. The van der Waals surface area contributed by atoms with Crippen LogP contribution < -0.4 is 0 Å². The van der Waals surface area contributed by atoms with Crippen molar-refractivity contribution in [2.24, 2.45) is 0 Å². The van der Waals surface area contributed by atoms with E-state index in [0.717, 1.165) is 12.8 Å². The molecule has 0 aliphatic heterocycles. The molecule has 0 radical (unpaired) electrons. The van der Waals surface area contributed by atoms with Crippen molar-refractivity contribution >= 4 is 17.2 Å². The summed E-state index contributed by atoms with van der Waals surface area (Å²) in [5, 5.41) is 11.7. The summed E-state index contributed by atoms with van der Waals surface area (Å²) in [6.45, 7) is 0. The summed E-state index contributed by atoms with van der Waals surface area (Å²) in [5.41, 5.74) is 2.06. The van der Waals surface area contributed by atoms with Crippen molar-refractivity contribution in [3.8, 4) is 0 Å². The number of carbonyl (C=O) groups is 1. The molecule has 6 heteroatoms. The molecule has 17 heavy (non-hydrogen) atoms. The van der Waals surface area contributed by atoms with E-state index in [2.05, 4.69) is 4.98 Å². The maximum Gasteiger partial charge on any atom is 0.273 e. The lowest BCUT2D eigenvalue weighted by atomic mass is 10.1. The zero-order valence-electron chi connectivity index (χ0n) is 9.87. The number of aromatic nitrogens is 1. The molecule has 1 aliphatic rings. The minimum atomic E-state index is -0.618. The molecule has 0 aromatic carbocycles. The smallest absolute Gasteiger partial charge is 0.273 e. The van der Waals surface area contributed by atoms with Gasteiger partial charge in [0, 0.05) is 19.5 Å². The number of nitrogens with zero attached hydrogens (tertiary/aromatic N) is 2. The van der Waals surface area contributed by atoms with Crippen LogP contribution in [0, 0.1) is 0 Å². The van der Waals surface area contributed by atoms with Crippen LogP contribution in [-0.4, -0.2) is 53.3 Å². The first-order chi connectivity index (χ1) is 8.15. The van der Waals surface area contributed by atoms with Crippen LogP contribution in [0.5, 0.6) is 0 Å². The molecule has 1 heterocycles. The van der Waals surface area contributed by atoms with E-state index in [0.29, 0.717) is 5.69 Å². The van der Waals surface area contributed by atoms with Gasteiger partial charge in [-0.3, -0.25) is 4.79 Å². The van der Waals surface area contributed by atoms with Gasteiger partial charge in [0.2, 0.25) is 0 Å². The molecule has 5 nitrogen and oxygen atoms in total. The van der Waals surface area contributed by atoms with E-state index in [1.807, 2.05) is 0 Å². The fourth-order valence-corrected chi connectivity index (χ4v) is 2.78. The molecule has 3 atom stereocenters. The number of rotatable bonds is 3.